The minimum atomic E-state index is -3.23. The topological polar surface area (TPSA) is 55.8 Å². The number of hydrogen-bond donors (Lipinski definition) is 1. The largest absolute Gasteiger partial charge is 0.493 e. The third-order valence-electron chi connectivity index (χ3n) is 2.65. The molecule has 6 heteroatoms. The number of hydrogen-bond acceptors (Lipinski definition) is 3. The van der Waals surface area contributed by atoms with Crippen LogP contribution in [-0.2, 0) is 0 Å². The molecule has 0 fully saturated rings. The van der Waals surface area contributed by atoms with Crippen molar-refractivity contribution in [3.63, 3.8) is 0 Å². The molecule has 2 rings (SSSR count). The third-order valence-corrected chi connectivity index (χ3v) is 2.65. The molecule has 1 aromatic carbocycles. The summed E-state index contributed by atoms with van der Waals surface area (Å²) in [5, 5.41) is 8.85. The molecule has 19 heavy (non-hydrogen) atoms. The van der Waals surface area contributed by atoms with Crippen LogP contribution < -0.4 is 9.47 Å². The minimum Gasteiger partial charge on any atom is -0.493 e. The van der Waals surface area contributed by atoms with Crippen LogP contribution in [0.3, 0.4) is 0 Å². The van der Waals surface area contributed by atoms with Crippen LogP contribution in [0.2, 0.25) is 0 Å². The Labute approximate surface area is 107 Å². The van der Waals surface area contributed by atoms with Gasteiger partial charge in [0.2, 0.25) is 0 Å². The van der Waals surface area contributed by atoms with Gasteiger partial charge in [-0.3, -0.25) is 0 Å². The van der Waals surface area contributed by atoms with E-state index in [0.717, 1.165) is 12.1 Å². The van der Waals surface area contributed by atoms with E-state index in [1.165, 1.54) is 19.2 Å². The fraction of sp³-hybridized carbons (Fsp3) is 0.154. The van der Waals surface area contributed by atoms with Gasteiger partial charge in [0, 0.05) is 5.57 Å². The van der Waals surface area contributed by atoms with Crippen molar-refractivity contribution in [2.75, 3.05) is 7.11 Å². The number of carbonyl (C=O) groups is 1. The first-order valence-corrected chi connectivity index (χ1v) is 5.25. The van der Waals surface area contributed by atoms with E-state index in [9.17, 15) is 13.6 Å². The molecule has 4 nitrogen and oxygen atoms in total. The van der Waals surface area contributed by atoms with E-state index >= 15 is 0 Å². The van der Waals surface area contributed by atoms with Crippen molar-refractivity contribution in [3.05, 3.63) is 47.7 Å². The average molecular weight is 268 g/mol. The van der Waals surface area contributed by atoms with Crippen LogP contribution >= 0.6 is 0 Å². The number of halogens is 2. The molecule has 0 aromatic heterocycles. The average Bonchev–Trinajstić information content (AvgIpc) is 2.38. The zero-order chi connectivity index (χ0) is 14.2. The lowest BCUT2D eigenvalue weighted by molar-refractivity contribution is 0.0281. The second-order valence-corrected chi connectivity index (χ2v) is 3.88. The third kappa shape index (κ3) is 2.16. The lowest BCUT2D eigenvalue weighted by Gasteiger charge is -2.28. The Hall–Kier alpha value is -2.37. The van der Waals surface area contributed by atoms with Crippen LogP contribution in [0.25, 0.3) is 0 Å². The summed E-state index contributed by atoms with van der Waals surface area (Å²) in [5.74, 6) is -4.92. The zero-order valence-corrected chi connectivity index (χ0v) is 9.94. The van der Waals surface area contributed by atoms with Crippen molar-refractivity contribution in [3.8, 4) is 11.5 Å². The fourth-order valence-corrected chi connectivity index (χ4v) is 1.52. The van der Waals surface area contributed by atoms with Crippen molar-refractivity contribution in [1.82, 2.24) is 0 Å². The van der Waals surface area contributed by atoms with Gasteiger partial charge in [-0.05, 0) is 24.3 Å². The molecule has 0 radical (unpaired) electrons. The molecule has 0 aliphatic heterocycles. The monoisotopic (exact) mass is 268 g/mol. The highest BCUT2D eigenvalue weighted by atomic mass is 19.3. The van der Waals surface area contributed by atoms with Crippen molar-refractivity contribution in [2.45, 2.75) is 5.92 Å². The summed E-state index contributed by atoms with van der Waals surface area (Å²) in [5.41, 5.74) is -0.436. The maximum Gasteiger partial charge on any atom is 0.335 e. The fourth-order valence-electron chi connectivity index (χ4n) is 1.52. The Morgan fingerprint density at radius 1 is 1.37 bits per heavy atom. The number of carboxylic acids is 1. The van der Waals surface area contributed by atoms with Gasteiger partial charge in [-0.2, -0.15) is 8.78 Å². The molecule has 0 saturated heterocycles. The summed E-state index contributed by atoms with van der Waals surface area (Å²) in [6.07, 6.45) is 1.09. The second-order valence-electron chi connectivity index (χ2n) is 3.88. The molecule has 100 valence electrons. The maximum atomic E-state index is 13.3. The number of methoxy groups -OCH3 is 1. The molecule has 0 saturated carbocycles. The molecule has 0 spiro atoms. The van der Waals surface area contributed by atoms with E-state index in [2.05, 4.69) is 6.58 Å². The molecule has 1 N–H and O–H groups in total. The van der Waals surface area contributed by atoms with Crippen molar-refractivity contribution in [1.29, 1.82) is 0 Å². The molecule has 0 atom stereocenters. The molecule has 0 heterocycles. The second kappa shape index (κ2) is 4.38. The predicted molar refractivity (Wildman–Crippen MR) is 62.8 cm³/mol. The predicted octanol–water partition coefficient (Wildman–Crippen LogP) is 2.86. The van der Waals surface area contributed by atoms with E-state index in [4.69, 9.17) is 14.6 Å². The Balaban J connectivity index is 2.34. The van der Waals surface area contributed by atoms with Crippen molar-refractivity contribution < 1.29 is 28.2 Å². The number of benzene rings is 1. The lowest BCUT2D eigenvalue weighted by Crippen LogP contribution is -2.32. The van der Waals surface area contributed by atoms with Gasteiger partial charge >= 0.3 is 11.9 Å². The van der Waals surface area contributed by atoms with Crippen molar-refractivity contribution >= 4 is 5.97 Å². The summed E-state index contributed by atoms with van der Waals surface area (Å²) >= 11 is 0. The summed E-state index contributed by atoms with van der Waals surface area (Å²) in [6.45, 7) is 3.16. The first-order valence-electron chi connectivity index (χ1n) is 5.25. The Morgan fingerprint density at radius 2 is 2.05 bits per heavy atom. The number of rotatable bonds is 4. The summed E-state index contributed by atoms with van der Waals surface area (Å²) in [4.78, 5) is 10.8. The molecule has 1 aliphatic carbocycles. The summed E-state index contributed by atoms with van der Waals surface area (Å²) < 4.78 is 36.6. The SMILES string of the molecule is C=C1C=C(Oc2cc(C(=O)O)ccc2OC)C1(F)F. The number of ether oxygens (including phenoxy) is 2. The van der Waals surface area contributed by atoms with E-state index in [1.54, 1.807) is 0 Å². The van der Waals surface area contributed by atoms with Gasteiger partial charge < -0.3 is 14.6 Å². The Bertz CT molecular complexity index is 590. The Morgan fingerprint density at radius 3 is 2.53 bits per heavy atom. The number of aromatic carboxylic acids is 1. The molecular weight excluding hydrogens is 258 g/mol. The molecule has 0 bridgehead atoms. The van der Waals surface area contributed by atoms with E-state index in [-0.39, 0.29) is 22.6 Å². The van der Waals surface area contributed by atoms with Crippen LogP contribution in [0.15, 0.2) is 42.2 Å². The molecule has 1 aromatic rings. The number of alkyl halides is 2. The van der Waals surface area contributed by atoms with Crippen LogP contribution in [-0.4, -0.2) is 24.1 Å². The van der Waals surface area contributed by atoms with Gasteiger partial charge in [-0.1, -0.05) is 6.58 Å². The molecule has 0 unspecified atom stereocenters. The van der Waals surface area contributed by atoms with Crippen LogP contribution in [0, 0.1) is 0 Å². The van der Waals surface area contributed by atoms with E-state index < -0.39 is 17.7 Å². The standard InChI is InChI=1S/C13H10F2O4/c1-7-5-11(13(7,14)15)19-10-6-8(12(16)17)3-4-9(10)18-2/h3-6H,1H2,2H3,(H,16,17). The van der Waals surface area contributed by atoms with E-state index in [1.807, 2.05) is 0 Å². The number of carboxylic acid groups (broad SMARTS) is 1. The lowest BCUT2D eigenvalue weighted by atomic mass is 9.97. The molecular formula is C13H10F2O4. The normalized spacial score (nSPS) is 16.4. The first-order chi connectivity index (χ1) is 8.86. The van der Waals surface area contributed by atoms with Crippen LogP contribution in [0.1, 0.15) is 10.4 Å². The maximum absolute atomic E-state index is 13.3. The Kier molecular flexibility index (Phi) is 3.01. The number of allylic oxidation sites excluding steroid dienone is 2. The van der Waals surface area contributed by atoms with Gasteiger partial charge in [-0.25, -0.2) is 4.79 Å². The quantitative estimate of drug-likeness (QED) is 0.912. The van der Waals surface area contributed by atoms with Gasteiger partial charge in [0.1, 0.15) is 0 Å². The summed E-state index contributed by atoms with van der Waals surface area (Å²) in [7, 11) is 1.33. The molecule has 1 aliphatic rings. The van der Waals surface area contributed by atoms with Crippen LogP contribution in [0.4, 0.5) is 8.78 Å². The molecule has 0 amide bonds. The van der Waals surface area contributed by atoms with Gasteiger partial charge in [-0.15, -0.1) is 0 Å². The van der Waals surface area contributed by atoms with E-state index in [0.29, 0.717) is 0 Å². The minimum absolute atomic E-state index is 0.0826. The summed E-state index contributed by atoms with van der Waals surface area (Å²) in [6, 6.07) is 3.75. The highest BCUT2D eigenvalue weighted by Gasteiger charge is 2.47. The van der Waals surface area contributed by atoms with Crippen molar-refractivity contribution in [2.24, 2.45) is 0 Å². The smallest absolute Gasteiger partial charge is 0.335 e. The highest BCUT2D eigenvalue weighted by molar-refractivity contribution is 5.88. The highest BCUT2D eigenvalue weighted by Crippen LogP contribution is 2.43. The van der Waals surface area contributed by atoms with Gasteiger partial charge in [0.25, 0.3) is 0 Å². The van der Waals surface area contributed by atoms with Gasteiger partial charge in [0.05, 0.1) is 12.7 Å². The zero-order valence-electron chi connectivity index (χ0n) is 9.94. The first kappa shape index (κ1) is 13.1. The van der Waals surface area contributed by atoms with Gasteiger partial charge in [0.15, 0.2) is 17.3 Å². The van der Waals surface area contributed by atoms with Crippen LogP contribution in [0.5, 0.6) is 11.5 Å².